The van der Waals surface area contributed by atoms with Crippen molar-refractivity contribution < 1.29 is 13.3 Å². The summed E-state index contributed by atoms with van der Waals surface area (Å²) in [6.07, 6.45) is 0. The Morgan fingerprint density at radius 3 is 2.35 bits per heavy atom. The van der Waals surface area contributed by atoms with Crippen LogP contribution in [0.3, 0.4) is 0 Å². The summed E-state index contributed by atoms with van der Waals surface area (Å²) in [6, 6.07) is 11.8. The van der Waals surface area contributed by atoms with E-state index in [4.69, 9.17) is 10.3 Å². The van der Waals surface area contributed by atoms with Gasteiger partial charge in [0.05, 0.1) is 0 Å². The molecule has 0 aliphatic carbocycles. The van der Waals surface area contributed by atoms with E-state index in [0.717, 1.165) is 0 Å². The molecule has 2 N–H and O–H groups in total. The molecule has 3 rings (SSSR count). The number of nitrogens with zero attached hydrogens (tertiary/aromatic N) is 1. The molecule has 0 bridgehead atoms. The minimum atomic E-state index is -0.508. The monoisotopic (exact) mass is 272 g/mol. The average Bonchev–Trinajstić information content (AvgIpc) is 2.87. The first-order valence-electron chi connectivity index (χ1n) is 5.92. The Morgan fingerprint density at radius 2 is 1.65 bits per heavy atom. The molecule has 0 radical (unpaired) electrons. The molecule has 0 spiro atoms. The van der Waals surface area contributed by atoms with Gasteiger partial charge in [-0.3, -0.25) is 0 Å². The summed E-state index contributed by atoms with van der Waals surface area (Å²) < 4.78 is 32.7. The fraction of sp³-hybridized carbons (Fsp3) is 0. The molecule has 3 nitrogen and oxygen atoms in total. The van der Waals surface area contributed by atoms with Crippen molar-refractivity contribution >= 4 is 5.82 Å². The molecule has 0 saturated heterocycles. The number of hydrogen-bond donors (Lipinski definition) is 1. The molecule has 3 aromatic rings. The van der Waals surface area contributed by atoms with Gasteiger partial charge in [0.15, 0.2) is 11.6 Å². The van der Waals surface area contributed by atoms with Gasteiger partial charge in [0, 0.05) is 22.8 Å². The van der Waals surface area contributed by atoms with Crippen LogP contribution >= 0.6 is 0 Å². The van der Waals surface area contributed by atoms with Gasteiger partial charge in [-0.25, -0.2) is 8.78 Å². The van der Waals surface area contributed by atoms with Crippen molar-refractivity contribution in [2.75, 3.05) is 5.73 Å². The Kier molecular flexibility index (Phi) is 2.95. The zero-order valence-corrected chi connectivity index (χ0v) is 10.3. The number of aromatic nitrogens is 1. The highest BCUT2D eigenvalue weighted by atomic mass is 19.1. The number of benzene rings is 2. The van der Waals surface area contributed by atoms with E-state index in [2.05, 4.69) is 5.16 Å². The fourth-order valence-electron chi connectivity index (χ4n) is 1.99. The summed E-state index contributed by atoms with van der Waals surface area (Å²) in [6.45, 7) is 0. The second-order valence-electron chi connectivity index (χ2n) is 4.29. The lowest BCUT2D eigenvalue weighted by atomic mass is 10.0. The van der Waals surface area contributed by atoms with Gasteiger partial charge in [0.25, 0.3) is 0 Å². The van der Waals surface area contributed by atoms with Crippen molar-refractivity contribution in [3.8, 4) is 22.5 Å². The summed E-state index contributed by atoms with van der Waals surface area (Å²) in [5, 5.41) is 3.57. The van der Waals surface area contributed by atoms with Gasteiger partial charge < -0.3 is 10.3 Å². The molecule has 1 aromatic heterocycles. The zero-order valence-electron chi connectivity index (χ0n) is 10.3. The van der Waals surface area contributed by atoms with Crippen LogP contribution in [0.5, 0.6) is 0 Å². The highest BCUT2D eigenvalue weighted by molar-refractivity contribution is 5.72. The van der Waals surface area contributed by atoms with E-state index in [1.165, 1.54) is 36.4 Å². The van der Waals surface area contributed by atoms with E-state index in [1.807, 2.05) is 0 Å². The van der Waals surface area contributed by atoms with E-state index in [0.29, 0.717) is 11.3 Å². The van der Waals surface area contributed by atoms with Gasteiger partial charge >= 0.3 is 0 Å². The number of nitrogen functional groups attached to an aromatic ring is 1. The molecule has 0 saturated carbocycles. The van der Waals surface area contributed by atoms with E-state index in [-0.39, 0.29) is 16.9 Å². The number of nitrogens with two attached hydrogens (primary N) is 1. The van der Waals surface area contributed by atoms with E-state index >= 15 is 0 Å². The quantitative estimate of drug-likeness (QED) is 0.770. The van der Waals surface area contributed by atoms with Crippen molar-refractivity contribution in [1.29, 1.82) is 0 Å². The number of halogens is 2. The molecule has 0 fully saturated rings. The summed E-state index contributed by atoms with van der Waals surface area (Å²) >= 11 is 0. The first-order chi connectivity index (χ1) is 9.65. The second kappa shape index (κ2) is 4.77. The summed E-state index contributed by atoms with van der Waals surface area (Å²) in [5.74, 6) is -0.358. The lowest BCUT2D eigenvalue weighted by Gasteiger charge is -2.06. The Balaban J connectivity index is 2.15. The maximum Gasteiger partial charge on any atom is 0.169 e. The highest BCUT2D eigenvalue weighted by Crippen LogP contribution is 2.30. The zero-order chi connectivity index (χ0) is 14.1. The predicted octanol–water partition coefficient (Wildman–Crippen LogP) is 3.87. The van der Waals surface area contributed by atoms with Crippen molar-refractivity contribution in [3.05, 3.63) is 60.2 Å². The van der Waals surface area contributed by atoms with Crippen LogP contribution in [-0.4, -0.2) is 5.16 Å². The molecular formula is C15H10F2N2O. The van der Waals surface area contributed by atoms with Gasteiger partial charge in [-0.1, -0.05) is 23.4 Å². The molecule has 0 unspecified atom stereocenters. The van der Waals surface area contributed by atoms with Crippen molar-refractivity contribution in [2.24, 2.45) is 0 Å². The summed E-state index contributed by atoms with van der Waals surface area (Å²) in [7, 11) is 0. The topological polar surface area (TPSA) is 52.0 Å². The SMILES string of the molecule is Nc1cc(-c2ccc(F)c(-c3ccccc3F)c2)on1. The smallest absolute Gasteiger partial charge is 0.169 e. The largest absolute Gasteiger partial charge is 0.381 e. The first-order valence-corrected chi connectivity index (χ1v) is 5.92. The van der Waals surface area contributed by atoms with E-state index < -0.39 is 11.6 Å². The van der Waals surface area contributed by atoms with Crippen molar-refractivity contribution in [1.82, 2.24) is 5.16 Å². The fourth-order valence-corrected chi connectivity index (χ4v) is 1.99. The molecule has 100 valence electrons. The lowest BCUT2D eigenvalue weighted by Crippen LogP contribution is -1.89. The van der Waals surface area contributed by atoms with E-state index in [1.54, 1.807) is 12.1 Å². The Morgan fingerprint density at radius 1 is 0.900 bits per heavy atom. The lowest BCUT2D eigenvalue weighted by molar-refractivity contribution is 0.436. The maximum absolute atomic E-state index is 13.9. The number of hydrogen-bond acceptors (Lipinski definition) is 3. The van der Waals surface area contributed by atoms with Crippen LogP contribution in [0.2, 0.25) is 0 Å². The van der Waals surface area contributed by atoms with Crippen LogP contribution in [0.4, 0.5) is 14.6 Å². The molecule has 0 atom stereocenters. The van der Waals surface area contributed by atoms with Crippen LogP contribution in [0, 0.1) is 11.6 Å². The van der Waals surface area contributed by atoms with Gasteiger partial charge in [0.2, 0.25) is 0 Å². The van der Waals surface area contributed by atoms with Crippen molar-refractivity contribution in [2.45, 2.75) is 0 Å². The standard InChI is InChI=1S/C15H10F2N2O/c16-12-4-2-1-3-10(12)11-7-9(5-6-13(11)17)14-8-15(18)19-20-14/h1-8H,(H2,18,19). The summed E-state index contributed by atoms with van der Waals surface area (Å²) in [5.41, 5.74) is 6.41. The van der Waals surface area contributed by atoms with Crippen molar-refractivity contribution in [3.63, 3.8) is 0 Å². The molecule has 0 amide bonds. The normalized spacial score (nSPS) is 10.7. The first kappa shape index (κ1) is 12.3. The van der Waals surface area contributed by atoms with Gasteiger partial charge in [0.1, 0.15) is 11.6 Å². The molecule has 20 heavy (non-hydrogen) atoms. The number of rotatable bonds is 2. The number of anilines is 1. The Bertz CT molecular complexity index is 768. The summed E-state index contributed by atoms with van der Waals surface area (Å²) in [4.78, 5) is 0. The third kappa shape index (κ3) is 2.14. The van der Waals surface area contributed by atoms with Gasteiger partial charge in [-0.2, -0.15) is 0 Å². The minimum Gasteiger partial charge on any atom is -0.381 e. The molecular weight excluding hydrogens is 262 g/mol. The Labute approximate surface area is 113 Å². The third-order valence-corrected chi connectivity index (χ3v) is 2.94. The predicted molar refractivity (Wildman–Crippen MR) is 71.7 cm³/mol. The van der Waals surface area contributed by atoms with Crippen LogP contribution in [0.15, 0.2) is 53.1 Å². The molecule has 2 aromatic carbocycles. The second-order valence-corrected chi connectivity index (χ2v) is 4.29. The Hall–Kier alpha value is -2.69. The molecule has 0 aliphatic rings. The van der Waals surface area contributed by atoms with Gasteiger partial charge in [-0.05, 0) is 24.3 Å². The molecule has 0 aliphatic heterocycles. The van der Waals surface area contributed by atoms with Gasteiger partial charge in [-0.15, -0.1) is 0 Å². The van der Waals surface area contributed by atoms with Crippen LogP contribution in [-0.2, 0) is 0 Å². The van der Waals surface area contributed by atoms with E-state index in [9.17, 15) is 8.78 Å². The highest BCUT2D eigenvalue weighted by Gasteiger charge is 2.13. The molecule has 5 heteroatoms. The maximum atomic E-state index is 13.9. The van der Waals surface area contributed by atoms with Crippen LogP contribution in [0.1, 0.15) is 0 Å². The minimum absolute atomic E-state index is 0.163. The average molecular weight is 272 g/mol. The van der Waals surface area contributed by atoms with Crippen LogP contribution in [0.25, 0.3) is 22.5 Å². The third-order valence-electron chi connectivity index (χ3n) is 2.94. The molecule has 1 heterocycles. The van der Waals surface area contributed by atoms with Crippen LogP contribution < -0.4 is 5.73 Å².